The third kappa shape index (κ3) is 4.59. The van der Waals surface area contributed by atoms with Gasteiger partial charge in [0.1, 0.15) is 11.7 Å². The SMILES string of the molecule is COC(=O)C1C(C)=NC2=C(C(=O)C[C@H](c3ccc(OC)c(OC)c3)C2)[C@@H]1c1cc(Br)ccc1OC. The summed E-state index contributed by atoms with van der Waals surface area (Å²) < 4.78 is 22.4. The molecule has 1 aliphatic heterocycles. The molecule has 1 aliphatic carbocycles. The number of benzene rings is 2. The largest absolute Gasteiger partial charge is 0.496 e. The number of aliphatic imine (C=N–C) groups is 1. The van der Waals surface area contributed by atoms with Gasteiger partial charge in [-0.3, -0.25) is 14.6 Å². The fourth-order valence-electron chi connectivity index (χ4n) is 5.12. The van der Waals surface area contributed by atoms with Crippen molar-refractivity contribution in [1.29, 1.82) is 0 Å². The Hall–Kier alpha value is -3.13. The second kappa shape index (κ2) is 10.2. The topological polar surface area (TPSA) is 83.4 Å². The van der Waals surface area contributed by atoms with Gasteiger partial charge in [0.05, 0.1) is 28.4 Å². The van der Waals surface area contributed by atoms with Crippen LogP contribution in [-0.2, 0) is 14.3 Å². The zero-order valence-corrected chi connectivity index (χ0v) is 22.0. The Morgan fingerprint density at radius 3 is 2.29 bits per heavy atom. The van der Waals surface area contributed by atoms with Crippen LogP contribution in [0, 0.1) is 5.92 Å². The molecule has 3 atom stereocenters. The van der Waals surface area contributed by atoms with Crippen LogP contribution >= 0.6 is 15.9 Å². The van der Waals surface area contributed by atoms with Crippen molar-refractivity contribution < 1.29 is 28.5 Å². The first kappa shape index (κ1) is 25.0. The van der Waals surface area contributed by atoms with Crippen LogP contribution in [0.3, 0.4) is 0 Å². The molecule has 0 radical (unpaired) electrons. The van der Waals surface area contributed by atoms with E-state index in [1.807, 2.05) is 43.3 Å². The van der Waals surface area contributed by atoms with Gasteiger partial charge in [0, 0.05) is 39.4 Å². The van der Waals surface area contributed by atoms with Crippen LogP contribution in [0.15, 0.2) is 57.1 Å². The highest BCUT2D eigenvalue weighted by Gasteiger charge is 2.45. The number of esters is 1. The number of halogens is 1. The van der Waals surface area contributed by atoms with Gasteiger partial charge in [-0.2, -0.15) is 0 Å². The average molecular weight is 542 g/mol. The molecule has 2 aromatic carbocycles. The number of Topliss-reactive ketones (excluding diaryl/α,β-unsaturated/α-hetero) is 1. The number of carbonyl (C=O) groups excluding carboxylic acids is 2. The van der Waals surface area contributed by atoms with Crippen LogP contribution in [0.4, 0.5) is 0 Å². The summed E-state index contributed by atoms with van der Waals surface area (Å²) in [5, 5.41) is 0. The van der Waals surface area contributed by atoms with Crippen molar-refractivity contribution in [2.75, 3.05) is 28.4 Å². The molecule has 35 heavy (non-hydrogen) atoms. The molecule has 0 aromatic heterocycles. The summed E-state index contributed by atoms with van der Waals surface area (Å²) in [6, 6.07) is 11.3. The molecule has 1 unspecified atom stereocenters. The Labute approximate surface area is 213 Å². The van der Waals surface area contributed by atoms with Crippen molar-refractivity contribution in [2.45, 2.75) is 31.6 Å². The number of carbonyl (C=O) groups is 2. The molecule has 0 spiro atoms. The number of rotatable bonds is 6. The first-order valence-corrected chi connectivity index (χ1v) is 12.1. The molecule has 0 saturated carbocycles. The van der Waals surface area contributed by atoms with Crippen molar-refractivity contribution in [3.63, 3.8) is 0 Å². The molecule has 1 heterocycles. The number of nitrogens with zero attached hydrogens (tertiary/aromatic N) is 1. The number of hydrogen-bond acceptors (Lipinski definition) is 7. The van der Waals surface area contributed by atoms with Crippen molar-refractivity contribution in [3.8, 4) is 17.2 Å². The number of allylic oxidation sites excluding steroid dienone is 2. The normalized spacial score (nSPS) is 21.7. The molecule has 0 amide bonds. The van der Waals surface area contributed by atoms with Gasteiger partial charge in [-0.1, -0.05) is 22.0 Å². The van der Waals surface area contributed by atoms with Gasteiger partial charge in [-0.25, -0.2) is 0 Å². The first-order valence-electron chi connectivity index (χ1n) is 11.3. The van der Waals surface area contributed by atoms with Gasteiger partial charge >= 0.3 is 5.97 Å². The molecular weight excluding hydrogens is 514 g/mol. The number of methoxy groups -OCH3 is 4. The van der Waals surface area contributed by atoms with E-state index in [0.29, 0.717) is 47.1 Å². The van der Waals surface area contributed by atoms with E-state index in [4.69, 9.17) is 23.9 Å². The van der Waals surface area contributed by atoms with Gasteiger partial charge in [0.25, 0.3) is 0 Å². The van der Waals surface area contributed by atoms with Crippen molar-refractivity contribution >= 4 is 33.4 Å². The van der Waals surface area contributed by atoms with Gasteiger partial charge in [0.15, 0.2) is 17.3 Å². The van der Waals surface area contributed by atoms with Crippen LogP contribution in [0.25, 0.3) is 0 Å². The fourth-order valence-corrected chi connectivity index (χ4v) is 5.50. The zero-order valence-electron chi connectivity index (χ0n) is 20.4. The molecule has 0 saturated heterocycles. The third-order valence-corrected chi connectivity index (χ3v) is 7.24. The van der Waals surface area contributed by atoms with Gasteiger partial charge < -0.3 is 18.9 Å². The lowest BCUT2D eigenvalue weighted by Gasteiger charge is -2.37. The summed E-state index contributed by atoms with van der Waals surface area (Å²) in [4.78, 5) is 31.4. The summed E-state index contributed by atoms with van der Waals surface area (Å²) in [7, 11) is 6.11. The second-order valence-electron chi connectivity index (χ2n) is 8.62. The lowest BCUT2D eigenvalue weighted by atomic mass is 9.69. The van der Waals surface area contributed by atoms with Crippen LogP contribution in [0.1, 0.15) is 42.7 Å². The summed E-state index contributed by atoms with van der Waals surface area (Å²) in [6.45, 7) is 1.81. The molecule has 2 aromatic rings. The molecule has 8 heteroatoms. The lowest BCUT2D eigenvalue weighted by molar-refractivity contribution is -0.143. The van der Waals surface area contributed by atoms with Gasteiger partial charge in [-0.15, -0.1) is 0 Å². The Kier molecular flexibility index (Phi) is 7.31. The van der Waals surface area contributed by atoms with Crippen molar-refractivity contribution in [3.05, 3.63) is 63.3 Å². The van der Waals surface area contributed by atoms with E-state index in [0.717, 1.165) is 15.6 Å². The highest BCUT2D eigenvalue weighted by molar-refractivity contribution is 9.10. The number of ether oxygens (including phenoxy) is 4. The highest BCUT2D eigenvalue weighted by atomic mass is 79.9. The average Bonchev–Trinajstić information content (AvgIpc) is 2.86. The smallest absolute Gasteiger partial charge is 0.315 e. The summed E-state index contributed by atoms with van der Waals surface area (Å²) in [5.74, 6) is 0.0315. The Morgan fingerprint density at radius 1 is 0.943 bits per heavy atom. The molecule has 2 aliphatic rings. The standard InChI is InChI=1S/C27H28BrNO6/c1-14-24(27(31)35-5)25(18-13-17(28)7-9-21(18)32-2)26-19(29-14)10-16(11-20(26)30)15-6-8-22(33-3)23(12-15)34-4/h6-9,12-13,16,24-25H,10-11H2,1-5H3/t16-,24?,25-/m1/s1. The summed E-state index contributed by atoms with van der Waals surface area (Å²) in [6.07, 6.45) is 0.859. The lowest BCUT2D eigenvalue weighted by Crippen LogP contribution is -2.38. The van der Waals surface area contributed by atoms with E-state index < -0.39 is 17.8 Å². The predicted octanol–water partition coefficient (Wildman–Crippen LogP) is 5.22. The van der Waals surface area contributed by atoms with E-state index in [-0.39, 0.29) is 11.7 Å². The Morgan fingerprint density at radius 2 is 1.63 bits per heavy atom. The van der Waals surface area contributed by atoms with Crippen LogP contribution in [0.5, 0.6) is 17.2 Å². The highest BCUT2D eigenvalue weighted by Crippen LogP contribution is 2.49. The minimum atomic E-state index is -0.719. The van der Waals surface area contributed by atoms with Gasteiger partial charge in [-0.05, 0) is 55.2 Å². The molecule has 0 bridgehead atoms. The Bertz CT molecular complexity index is 1230. The summed E-state index contributed by atoms with van der Waals surface area (Å²) in [5.41, 5.74) is 3.59. The molecule has 4 rings (SSSR count). The monoisotopic (exact) mass is 541 g/mol. The fraction of sp³-hybridized carbons (Fsp3) is 0.370. The van der Waals surface area contributed by atoms with E-state index >= 15 is 0 Å². The summed E-state index contributed by atoms with van der Waals surface area (Å²) >= 11 is 3.52. The predicted molar refractivity (Wildman–Crippen MR) is 136 cm³/mol. The maximum atomic E-state index is 13.7. The maximum Gasteiger partial charge on any atom is 0.315 e. The second-order valence-corrected chi connectivity index (χ2v) is 9.54. The van der Waals surface area contributed by atoms with Crippen LogP contribution < -0.4 is 14.2 Å². The first-order chi connectivity index (χ1) is 16.8. The maximum absolute atomic E-state index is 13.7. The Balaban J connectivity index is 1.83. The van der Waals surface area contributed by atoms with E-state index in [1.165, 1.54) is 7.11 Å². The van der Waals surface area contributed by atoms with Crippen LogP contribution in [-0.4, -0.2) is 45.9 Å². The zero-order chi connectivity index (χ0) is 25.3. The third-order valence-electron chi connectivity index (χ3n) is 6.75. The van der Waals surface area contributed by atoms with Crippen molar-refractivity contribution in [1.82, 2.24) is 0 Å². The van der Waals surface area contributed by atoms with Crippen LogP contribution in [0.2, 0.25) is 0 Å². The van der Waals surface area contributed by atoms with Crippen molar-refractivity contribution in [2.24, 2.45) is 10.9 Å². The molecule has 184 valence electrons. The number of ketones is 1. The quantitative estimate of drug-likeness (QED) is 0.466. The minimum absolute atomic E-state index is 0.0387. The molecule has 7 nitrogen and oxygen atoms in total. The molecule has 0 N–H and O–H groups in total. The minimum Gasteiger partial charge on any atom is -0.496 e. The van der Waals surface area contributed by atoms with Gasteiger partial charge in [0.2, 0.25) is 0 Å². The van der Waals surface area contributed by atoms with E-state index in [2.05, 4.69) is 15.9 Å². The molecular formula is C27H28BrNO6. The molecule has 0 fully saturated rings. The van der Waals surface area contributed by atoms with E-state index in [9.17, 15) is 9.59 Å². The van der Waals surface area contributed by atoms with E-state index in [1.54, 1.807) is 21.3 Å². The number of hydrogen-bond donors (Lipinski definition) is 0.